The van der Waals surface area contributed by atoms with Crippen molar-refractivity contribution in [3.8, 4) is 11.5 Å². The van der Waals surface area contributed by atoms with Crippen molar-refractivity contribution in [2.75, 3.05) is 42.8 Å². The molecule has 4 rings (SSSR count). The van der Waals surface area contributed by atoms with Crippen LogP contribution in [-0.4, -0.2) is 54.9 Å². The van der Waals surface area contributed by atoms with Gasteiger partial charge in [-0.15, -0.1) is 0 Å². The lowest BCUT2D eigenvalue weighted by Crippen LogP contribution is -2.50. The Balaban J connectivity index is 1.92. The Bertz CT molecular complexity index is 1420. The van der Waals surface area contributed by atoms with E-state index in [-0.39, 0.29) is 16.3 Å². The topological polar surface area (TPSA) is 153 Å². The molecule has 2 aromatic carbocycles. The van der Waals surface area contributed by atoms with Gasteiger partial charge in [-0.2, -0.15) is 4.37 Å². The van der Waals surface area contributed by atoms with Crippen LogP contribution >= 0.6 is 11.5 Å². The second-order valence-electron chi connectivity index (χ2n) is 10.3. The highest BCUT2D eigenvalue weighted by molar-refractivity contribution is 7.09. The van der Waals surface area contributed by atoms with Gasteiger partial charge in [0, 0.05) is 37.1 Å². The van der Waals surface area contributed by atoms with E-state index in [9.17, 15) is 14.4 Å². The SMILES string of the molecule is CCC(C)(C)NC(=O)[C@H](c1ccc(N(C)C)cc1)N(C(=O)c1snc(C(N)=O)c1N)c1ccc2c(c1)OCCO2. The maximum absolute atomic E-state index is 14.3. The number of aromatic nitrogens is 1. The fourth-order valence-electron chi connectivity index (χ4n) is 4.17. The molecule has 1 aliphatic rings. The van der Waals surface area contributed by atoms with Crippen LogP contribution in [0.25, 0.3) is 0 Å². The normalized spacial score (nSPS) is 13.3. The van der Waals surface area contributed by atoms with Crippen molar-refractivity contribution in [2.24, 2.45) is 5.73 Å². The molecule has 3 amide bonds. The van der Waals surface area contributed by atoms with Gasteiger partial charge in [0.1, 0.15) is 24.1 Å². The molecule has 11 nitrogen and oxygen atoms in total. The van der Waals surface area contributed by atoms with Gasteiger partial charge < -0.3 is 31.2 Å². The first-order chi connectivity index (χ1) is 18.9. The van der Waals surface area contributed by atoms with E-state index in [4.69, 9.17) is 20.9 Å². The standard InChI is InChI=1S/C28H34N6O5S/c1-6-28(2,3)31-26(36)23(16-7-9-17(10-8-16)33(4)5)34(18-11-12-19-20(15-18)39-14-13-38-19)27(37)24-21(29)22(25(30)35)32-40-24/h7-12,15,23H,6,13-14,29H2,1-5H3,(H2,30,35)(H,31,36)/t23-/m0/s1. The first-order valence-electron chi connectivity index (χ1n) is 12.8. The van der Waals surface area contributed by atoms with E-state index in [1.165, 1.54) is 4.90 Å². The molecule has 0 fully saturated rings. The summed E-state index contributed by atoms with van der Waals surface area (Å²) in [5.74, 6) is -0.903. The fourth-order valence-corrected chi connectivity index (χ4v) is 4.91. The molecule has 0 aliphatic carbocycles. The minimum absolute atomic E-state index is 0.0128. The molecular formula is C28H34N6O5S. The zero-order chi connectivity index (χ0) is 29.2. The Labute approximate surface area is 237 Å². The summed E-state index contributed by atoms with van der Waals surface area (Å²) in [7, 11) is 3.83. The molecule has 0 unspecified atom stereocenters. The molecule has 1 aromatic heterocycles. The second-order valence-corrected chi connectivity index (χ2v) is 11.0. The van der Waals surface area contributed by atoms with E-state index in [1.807, 2.05) is 64.0 Å². The predicted octanol–water partition coefficient (Wildman–Crippen LogP) is 3.35. The van der Waals surface area contributed by atoms with Crippen LogP contribution in [0.15, 0.2) is 42.5 Å². The maximum Gasteiger partial charge on any atom is 0.273 e. The number of nitrogens with one attached hydrogen (secondary N) is 1. The summed E-state index contributed by atoms with van der Waals surface area (Å²) < 4.78 is 15.5. The molecule has 12 heteroatoms. The van der Waals surface area contributed by atoms with Crippen LogP contribution in [-0.2, 0) is 4.79 Å². The van der Waals surface area contributed by atoms with Crippen molar-refractivity contribution in [3.05, 3.63) is 58.6 Å². The highest BCUT2D eigenvalue weighted by Gasteiger charge is 2.38. The van der Waals surface area contributed by atoms with Crippen molar-refractivity contribution in [1.82, 2.24) is 9.69 Å². The number of hydrogen-bond acceptors (Lipinski definition) is 9. The van der Waals surface area contributed by atoms with Crippen molar-refractivity contribution in [3.63, 3.8) is 0 Å². The molecule has 2 heterocycles. The summed E-state index contributed by atoms with van der Waals surface area (Å²) in [5.41, 5.74) is 12.6. The second kappa shape index (κ2) is 11.4. The lowest BCUT2D eigenvalue weighted by molar-refractivity contribution is -0.124. The van der Waals surface area contributed by atoms with Crippen LogP contribution in [0.2, 0.25) is 0 Å². The third-order valence-corrected chi connectivity index (χ3v) is 7.61. The van der Waals surface area contributed by atoms with Crippen molar-refractivity contribution < 1.29 is 23.9 Å². The average molecular weight is 567 g/mol. The Hall–Kier alpha value is -4.32. The molecule has 0 saturated heterocycles. The minimum atomic E-state index is -1.12. The van der Waals surface area contributed by atoms with Crippen LogP contribution in [0.3, 0.4) is 0 Å². The van der Waals surface area contributed by atoms with E-state index < -0.39 is 29.3 Å². The summed E-state index contributed by atoms with van der Waals surface area (Å²) in [5, 5.41) is 3.08. The smallest absolute Gasteiger partial charge is 0.273 e. The molecule has 0 spiro atoms. The first kappa shape index (κ1) is 28.7. The summed E-state index contributed by atoms with van der Waals surface area (Å²) >= 11 is 0.751. The first-order valence-corrected chi connectivity index (χ1v) is 13.6. The Morgan fingerprint density at radius 2 is 1.68 bits per heavy atom. The van der Waals surface area contributed by atoms with Crippen molar-refractivity contribution in [1.29, 1.82) is 0 Å². The Kier molecular flexibility index (Phi) is 8.19. The molecule has 40 heavy (non-hydrogen) atoms. The summed E-state index contributed by atoms with van der Waals surface area (Å²) in [6.07, 6.45) is 0.659. The monoisotopic (exact) mass is 566 g/mol. The number of anilines is 3. The van der Waals surface area contributed by atoms with Gasteiger partial charge in [-0.05, 0) is 61.6 Å². The number of fused-ring (bicyclic) bond motifs is 1. The molecule has 5 N–H and O–H groups in total. The molecule has 0 saturated carbocycles. The fraction of sp³-hybridized carbons (Fsp3) is 0.357. The quantitative estimate of drug-likeness (QED) is 0.356. The molecule has 3 aromatic rings. The number of carbonyl (C=O) groups excluding carboxylic acids is 3. The molecule has 1 aliphatic heterocycles. The van der Waals surface area contributed by atoms with Crippen LogP contribution in [0.1, 0.15) is 59.0 Å². The number of nitrogens with zero attached hydrogens (tertiary/aromatic N) is 3. The van der Waals surface area contributed by atoms with Crippen LogP contribution in [0.5, 0.6) is 11.5 Å². The number of nitrogens with two attached hydrogens (primary N) is 2. The Morgan fingerprint density at radius 1 is 1.05 bits per heavy atom. The summed E-state index contributed by atoms with van der Waals surface area (Å²) in [4.78, 5) is 43.5. The highest BCUT2D eigenvalue weighted by Crippen LogP contribution is 2.39. The highest BCUT2D eigenvalue weighted by atomic mass is 32.1. The van der Waals surface area contributed by atoms with Crippen LogP contribution < -0.4 is 36.1 Å². The van der Waals surface area contributed by atoms with E-state index in [0.29, 0.717) is 42.4 Å². The molecule has 0 bridgehead atoms. The van der Waals surface area contributed by atoms with E-state index in [2.05, 4.69) is 9.69 Å². The lowest BCUT2D eigenvalue weighted by atomic mass is 9.97. The minimum Gasteiger partial charge on any atom is -0.486 e. The van der Waals surface area contributed by atoms with Gasteiger partial charge in [-0.1, -0.05) is 19.1 Å². The zero-order valence-corrected chi connectivity index (χ0v) is 24.0. The van der Waals surface area contributed by atoms with E-state index in [0.717, 1.165) is 17.2 Å². The number of benzene rings is 2. The van der Waals surface area contributed by atoms with Crippen molar-refractivity contribution >= 4 is 46.3 Å². The molecule has 1 atom stereocenters. The molecular weight excluding hydrogens is 532 g/mol. The summed E-state index contributed by atoms with van der Waals surface area (Å²) in [6.45, 7) is 6.53. The molecule has 212 valence electrons. The average Bonchev–Trinajstić information content (AvgIpc) is 3.32. The largest absolute Gasteiger partial charge is 0.486 e. The van der Waals surface area contributed by atoms with Gasteiger partial charge in [0.25, 0.3) is 11.8 Å². The maximum atomic E-state index is 14.3. The number of hydrogen-bond donors (Lipinski definition) is 3. The molecule has 0 radical (unpaired) electrons. The number of nitrogen functional groups attached to an aromatic ring is 1. The number of ether oxygens (including phenoxy) is 2. The van der Waals surface area contributed by atoms with Gasteiger partial charge in [0.2, 0.25) is 5.91 Å². The zero-order valence-electron chi connectivity index (χ0n) is 23.2. The number of amides is 3. The number of carbonyl (C=O) groups is 3. The van der Waals surface area contributed by atoms with Crippen LogP contribution in [0, 0.1) is 0 Å². The van der Waals surface area contributed by atoms with Gasteiger partial charge >= 0.3 is 0 Å². The third-order valence-electron chi connectivity index (χ3n) is 6.76. The summed E-state index contributed by atoms with van der Waals surface area (Å²) in [6, 6.07) is 11.3. The van der Waals surface area contributed by atoms with Gasteiger partial charge in [-0.25, -0.2) is 0 Å². The van der Waals surface area contributed by atoms with Gasteiger partial charge in [-0.3, -0.25) is 19.3 Å². The predicted molar refractivity (Wildman–Crippen MR) is 155 cm³/mol. The Morgan fingerprint density at radius 3 is 2.25 bits per heavy atom. The lowest BCUT2D eigenvalue weighted by Gasteiger charge is -2.35. The van der Waals surface area contributed by atoms with E-state index >= 15 is 0 Å². The third kappa shape index (κ3) is 5.81. The van der Waals surface area contributed by atoms with Crippen LogP contribution in [0.4, 0.5) is 17.1 Å². The van der Waals surface area contributed by atoms with E-state index in [1.54, 1.807) is 18.2 Å². The number of primary amides is 1. The van der Waals surface area contributed by atoms with Gasteiger partial charge in [0.05, 0.1) is 5.69 Å². The van der Waals surface area contributed by atoms with Crippen molar-refractivity contribution in [2.45, 2.75) is 38.8 Å². The number of rotatable bonds is 9. The van der Waals surface area contributed by atoms with Gasteiger partial charge in [0.15, 0.2) is 17.2 Å².